The van der Waals surface area contributed by atoms with Crippen molar-refractivity contribution in [1.29, 1.82) is 0 Å². The van der Waals surface area contributed by atoms with Crippen LogP contribution >= 0.6 is 0 Å². The van der Waals surface area contributed by atoms with E-state index in [2.05, 4.69) is 4.98 Å². The number of pyridine rings is 1. The van der Waals surface area contributed by atoms with Gasteiger partial charge >= 0.3 is 0 Å². The maximum absolute atomic E-state index is 12.2. The van der Waals surface area contributed by atoms with Crippen molar-refractivity contribution in [2.75, 3.05) is 0 Å². The third-order valence-corrected chi connectivity index (χ3v) is 1.83. The van der Waals surface area contributed by atoms with Gasteiger partial charge in [0.15, 0.2) is 5.43 Å². The molecule has 0 aromatic carbocycles. The summed E-state index contributed by atoms with van der Waals surface area (Å²) in [4.78, 5) is 13.5. The summed E-state index contributed by atoms with van der Waals surface area (Å²) in [6, 6.07) is 0. The van der Waals surface area contributed by atoms with Gasteiger partial charge in [0.1, 0.15) is 0 Å². The van der Waals surface area contributed by atoms with Gasteiger partial charge in [0, 0.05) is 17.3 Å². The highest BCUT2D eigenvalue weighted by Gasteiger charge is 2.14. The second kappa shape index (κ2) is 3.66. The topological polar surface area (TPSA) is 53.1 Å². The van der Waals surface area contributed by atoms with Crippen LogP contribution in [0, 0.1) is 6.92 Å². The van der Waals surface area contributed by atoms with Gasteiger partial charge in [-0.25, -0.2) is 8.78 Å². The highest BCUT2D eigenvalue weighted by molar-refractivity contribution is 5.24. The summed E-state index contributed by atoms with van der Waals surface area (Å²) in [5, 5.41) is 8.66. The number of H-pyrrole nitrogens is 1. The molecule has 1 heterocycles. The Morgan fingerprint density at radius 1 is 1.62 bits per heavy atom. The molecule has 0 fully saturated rings. The van der Waals surface area contributed by atoms with Gasteiger partial charge in [-0.15, -0.1) is 0 Å². The zero-order valence-electron chi connectivity index (χ0n) is 6.97. The van der Waals surface area contributed by atoms with Gasteiger partial charge in [-0.05, 0) is 6.92 Å². The van der Waals surface area contributed by atoms with E-state index in [0.29, 0.717) is 0 Å². The molecule has 0 unspecified atom stereocenters. The van der Waals surface area contributed by atoms with Crippen LogP contribution in [0.5, 0.6) is 0 Å². The Hall–Kier alpha value is -1.23. The molecule has 0 spiro atoms. The normalized spacial score (nSPS) is 10.8. The van der Waals surface area contributed by atoms with Crippen LogP contribution in [0.1, 0.15) is 23.2 Å². The van der Waals surface area contributed by atoms with Crippen molar-refractivity contribution >= 4 is 0 Å². The average Bonchev–Trinajstić information content (AvgIpc) is 2.09. The van der Waals surface area contributed by atoms with E-state index in [1.54, 1.807) is 0 Å². The Morgan fingerprint density at radius 3 is 2.69 bits per heavy atom. The van der Waals surface area contributed by atoms with Gasteiger partial charge in [0.25, 0.3) is 6.43 Å². The van der Waals surface area contributed by atoms with E-state index < -0.39 is 18.5 Å². The molecule has 0 atom stereocenters. The zero-order chi connectivity index (χ0) is 10.0. The molecular weight excluding hydrogens is 180 g/mol. The van der Waals surface area contributed by atoms with Crippen molar-refractivity contribution in [3.8, 4) is 0 Å². The number of aliphatic hydroxyl groups excluding tert-OH is 1. The fourth-order valence-electron chi connectivity index (χ4n) is 1.05. The minimum atomic E-state index is -2.69. The van der Waals surface area contributed by atoms with Gasteiger partial charge in [0.2, 0.25) is 0 Å². The molecule has 72 valence electrons. The molecule has 2 N–H and O–H groups in total. The smallest absolute Gasteiger partial charge is 0.278 e. The molecule has 1 aromatic rings. The number of alkyl halides is 2. The molecule has 0 saturated heterocycles. The van der Waals surface area contributed by atoms with Crippen molar-refractivity contribution < 1.29 is 13.9 Å². The van der Waals surface area contributed by atoms with E-state index in [-0.39, 0.29) is 16.8 Å². The summed E-state index contributed by atoms with van der Waals surface area (Å²) in [7, 11) is 0. The summed E-state index contributed by atoms with van der Waals surface area (Å²) < 4.78 is 24.4. The predicted molar refractivity (Wildman–Crippen MR) is 42.7 cm³/mol. The largest absolute Gasteiger partial charge is 0.391 e. The third kappa shape index (κ3) is 1.75. The number of rotatable bonds is 2. The number of nitrogens with one attached hydrogen (secondary N) is 1. The first kappa shape index (κ1) is 9.85. The average molecular weight is 189 g/mol. The summed E-state index contributed by atoms with van der Waals surface area (Å²) in [5.41, 5.74) is -0.859. The van der Waals surface area contributed by atoms with Crippen molar-refractivity contribution in [2.45, 2.75) is 20.0 Å². The van der Waals surface area contributed by atoms with Crippen molar-refractivity contribution in [1.82, 2.24) is 4.98 Å². The van der Waals surface area contributed by atoms with Crippen LogP contribution in [0.15, 0.2) is 11.0 Å². The highest BCUT2D eigenvalue weighted by atomic mass is 19.3. The zero-order valence-corrected chi connectivity index (χ0v) is 6.97. The molecule has 0 bridgehead atoms. The Morgan fingerprint density at radius 2 is 2.23 bits per heavy atom. The quantitative estimate of drug-likeness (QED) is 0.732. The lowest BCUT2D eigenvalue weighted by Crippen LogP contribution is -2.16. The molecule has 0 saturated carbocycles. The van der Waals surface area contributed by atoms with E-state index in [9.17, 15) is 13.6 Å². The number of halogens is 2. The van der Waals surface area contributed by atoms with Crippen LogP contribution in [-0.4, -0.2) is 10.1 Å². The molecule has 0 amide bonds. The Balaban J connectivity index is 3.32. The lowest BCUT2D eigenvalue weighted by atomic mass is 10.1. The second-order valence-corrected chi connectivity index (χ2v) is 2.64. The summed E-state index contributed by atoms with van der Waals surface area (Å²) >= 11 is 0. The van der Waals surface area contributed by atoms with E-state index in [0.717, 1.165) is 6.20 Å². The van der Waals surface area contributed by atoms with E-state index in [1.807, 2.05) is 0 Å². The van der Waals surface area contributed by atoms with Crippen molar-refractivity contribution in [3.63, 3.8) is 0 Å². The number of aromatic nitrogens is 1. The Kier molecular flexibility index (Phi) is 2.77. The lowest BCUT2D eigenvalue weighted by molar-refractivity contribution is 0.145. The van der Waals surface area contributed by atoms with Gasteiger partial charge in [-0.1, -0.05) is 0 Å². The van der Waals surface area contributed by atoms with Crippen molar-refractivity contribution in [2.24, 2.45) is 0 Å². The minimum absolute atomic E-state index is 0.0402. The summed E-state index contributed by atoms with van der Waals surface area (Å²) in [6.07, 6.45) is -1.59. The maximum atomic E-state index is 12.2. The molecular formula is C8H9F2NO2. The van der Waals surface area contributed by atoms with Gasteiger partial charge in [-0.2, -0.15) is 0 Å². The summed E-state index contributed by atoms with van der Waals surface area (Å²) in [5.74, 6) is 0. The molecule has 3 nitrogen and oxygen atoms in total. The van der Waals surface area contributed by atoms with Crippen LogP contribution < -0.4 is 5.43 Å². The fourth-order valence-corrected chi connectivity index (χ4v) is 1.05. The van der Waals surface area contributed by atoms with Crippen LogP contribution in [0.25, 0.3) is 0 Å². The Bertz CT molecular complexity index is 360. The molecule has 5 heteroatoms. The first-order valence-corrected chi connectivity index (χ1v) is 3.68. The standard InChI is InChI=1S/C8H9F2NO2/c1-4-6(8(9)10)11-2-5(3-12)7(4)13/h2,8,12H,3H2,1H3,(H,11,13). The molecule has 0 radical (unpaired) electrons. The Labute approximate surface area is 73.0 Å². The van der Waals surface area contributed by atoms with Crippen LogP contribution in [-0.2, 0) is 6.61 Å². The molecule has 0 aliphatic carbocycles. The lowest BCUT2D eigenvalue weighted by Gasteiger charge is -2.05. The first-order chi connectivity index (χ1) is 6.07. The van der Waals surface area contributed by atoms with Gasteiger partial charge in [-0.3, -0.25) is 4.79 Å². The minimum Gasteiger partial charge on any atom is -0.391 e. The fraction of sp³-hybridized carbons (Fsp3) is 0.375. The van der Waals surface area contributed by atoms with Gasteiger partial charge < -0.3 is 10.1 Å². The van der Waals surface area contributed by atoms with Crippen LogP contribution in [0.3, 0.4) is 0 Å². The second-order valence-electron chi connectivity index (χ2n) is 2.64. The van der Waals surface area contributed by atoms with Crippen molar-refractivity contribution in [3.05, 3.63) is 33.2 Å². The molecule has 1 aromatic heterocycles. The van der Waals surface area contributed by atoms with Crippen LogP contribution in [0.4, 0.5) is 8.78 Å². The van der Waals surface area contributed by atoms with E-state index >= 15 is 0 Å². The van der Waals surface area contributed by atoms with E-state index in [1.165, 1.54) is 6.92 Å². The predicted octanol–water partition coefficient (Wildman–Crippen LogP) is 1.11. The maximum Gasteiger partial charge on any atom is 0.278 e. The van der Waals surface area contributed by atoms with E-state index in [4.69, 9.17) is 5.11 Å². The third-order valence-electron chi connectivity index (χ3n) is 1.83. The number of hydrogen-bond acceptors (Lipinski definition) is 2. The number of aliphatic hydroxyl groups is 1. The summed E-state index contributed by atoms with van der Waals surface area (Å²) in [6.45, 7) is 0.860. The van der Waals surface area contributed by atoms with Gasteiger partial charge in [0.05, 0.1) is 12.3 Å². The van der Waals surface area contributed by atoms with Crippen LogP contribution in [0.2, 0.25) is 0 Å². The monoisotopic (exact) mass is 189 g/mol. The number of aromatic amines is 1. The molecule has 1 rings (SSSR count). The first-order valence-electron chi connectivity index (χ1n) is 3.68. The number of hydrogen-bond donors (Lipinski definition) is 2. The SMILES string of the molecule is Cc1c(C(F)F)[nH]cc(CO)c1=O. The molecule has 0 aliphatic rings. The highest BCUT2D eigenvalue weighted by Crippen LogP contribution is 2.17. The molecule has 0 aliphatic heterocycles. The molecule has 13 heavy (non-hydrogen) atoms.